The summed E-state index contributed by atoms with van der Waals surface area (Å²) in [6.45, 7) is 16.2. The fraction of sp³-hybridized carbons (Fsp3) is 0.571. The highest BCUT2D eigenvalue weighted by Gasteiger charge is 2.38. The SMILES string of the molecule is CCCCCCCN(C(=O)C(NC(=O)OC(C)(C)C)C(C)CC)C(C(=O)NCc1ccccc1)c1cc(C)cc(C)c1. The topological polar surface area (TPSA) is 87.7 Å². The van der Waals surface area contributed by atoms with Crippen LogP contribution in [0.5, 0.6) is 0 Å². The molecule has 42 heavy (non-hydrogen) atoms. The molecule has 2 rings (SSSR count). The van der Waals surface area contributed by atoms with E-state index in [1.165, 1.54) is 0 Å². The maximum atomic E-state index is 14.5. The van der Waals surface area contributed by atoms with Crippen LogP contribution in [0.2, 0.25) is 0 Å². The van der Waals surface area contributed by atoms with Gasteiger partial charge in [0.15, 0.2) is 0 Å². The highest BCUT2D eigenvalue weighted by Crippen LogP contribution is 2.27. The molecule has 232 valence electrons. The van der Waals surface area contributed by atoms with Gasteiger partial charge in [0.1, 0.15) is 17.7 Å². The van der Waals surface area contributed by atoms with Gasteiger partial charge in [-0.1, -0.05) is 113 Å². The third-order valence-electron chi connectivity index (χ3n) is 7.37. The molecular formula is C35H53N3O4. The summed E-state index contributed by atoms with van der Waals surface area (Å²) in [5, 5.41) is 5.95. The molecule has 2 aromatic carbocycles. The lowest BCUT2D eigenvalue weighted by atomic mass is 9.94. The molecular weight excluding hydrogens is 526 g/mol. The molecule has 0 saturated carbocycles. The van der Waals surface area contributed by atoms with Crippen molar-refractivity contribution in [3.8, 4) is 0 Å². The van der Waals surface area contributed by atoms with Crippen molar-refractivity contribution in [1.82, 2.24) is 15.5 Å². The number of unbranched alkanes of at least 4 members (excludes halogenated alkanes) is 4. The van der Waals surface area contributed by atoms with Crippen molar-refractivity contribution in [1.29, 1.82) is 0 Å². The van der Waals surface area contributed by atoms with Gasteiger partial charge in [0.2, 0.25) is 11.8 Å². The van der Waals surface area contributed by atoms with E-state index in [9.17, 15) is 14.4 Å². The molecule has 0 saturated heterocycles. The second-order valence-corrected chi connectivity index (χ2v) is 12.5. The zero-order valence-electron chi connectivity index (χ0n) is 27.1. The van der Waals surface area contributed by atoms with Crippen LogP contribution in [0.4, 0.5) is 4.79 Å². The number of ether oxygens (including phenoxy) is 1. The number of alkyl carbamates (subject to hydrolysis) is 1. The van der Waals surface area contributed by atoms with E-state index in [0.717, 1.165) is 54.4 Å². The summed E-state index contributed by atoms with van der Waals surface area (Å²) in [5.41, 5.74) is 3.08. The van der Waals surface area contributed by atoms with Crippen LogP contribution in [0.15, 0.2) is 48.5 Å². The molecule has 3 unspecified atom stereocenters. The Hall–Kier alpha value is -3.35. The van der Waals surface area contributed by atoms with Crippen LogP contribution in [-0.2, 0) is 20.9 Å². The second-order valence-electron chi connectivity index (χ2n) is 12.5. The molecule has 0 aliphatic heterocycles. The summed E-state index contributed by atoms with van der Waals surface area (Å²) in [6.07, 6.45) is 5.06. The second kappa shape index (κ2) is 16.9. The van der Waals surface area contributed by atoms with Crippen molar-refractivity contribution >= 4 is 17.9 Å². The Morgan fingerprint density at radius 1 is 0.905 bits per heavy atom. The first kappa shape index (κ1) is 34.8. The van der Waals surface area contributed by atoms with Gasteiger partial charge in [0, 0.05) is 13.1 Å². The zero-order chi connectivity index (χ0) is 31.3. The fourth-order valence-corrected chi connectivity index (χ4v) is 5.07. The van der Waals surface area contributed by atoms with E-state index in [1.54, 1.807) is 25.7 Å². The number of amides is 3. The van der Waals surface area contributed by atoms with Crippen molar-refractivity contribution in [2.24, 2.45) is 5.92 Å². The van der Waals surface area contributed by atoms with Gasteiger partial charge in [-0.05, 0) is 58.1 Å². The van der Waals surface area contributed by atoms with Gasteiger partial charge in [-0.15, -0.1) is 0 Å². The van der Waals surface area contributed by atoms with Crippen LogP contribution in [0, 0.1) is 19.8 Å². The molecule has 0 fully saturated rings. The molecule has 0 bridgehead atoms. The van der Waals surface area contributed by atoms with Crippen LogP contribution < -0.4 is 10.6 Å². The normalized spacial score (nSPS) is 13.5. The van der Waals surface area contributed by atoms with Gasteiger partial charge >= 0.3 is 6.09 Å². The number of carbonyl (C=O) groups is 3. The van der Waals surface area contributed by atoms with E-state index >= 15 is 0 Å². The van der Waals surface area contributed by atoms with Gasteiger partial charge in [-0.2, -0.15) is 0 Å². The van der Waals surface area contributed by atoms with Crippen molar-refractivity contribution in [3.05, 3.63) is 70.8 Å². The highest BCUT2D eigenvalue weighted by molar-refractivity contribution is 5.92. The number of nitrogens with one attached hydrogen (secondary N) is 2. The van der Waals surface area contributed by atoms with Crippen LogP contribution in [0.25, 0.3) is 0 Å². The zero-order valence-corrected chi connectivity index (χ0v) is 27.1. The molecule has 7 nitrogen and oxygen atoms in total. The summed E-state index contributed by atoms with van der Waals surface area (Å²) >= 11 is 0. The Kier molecular flexibility index (Phi) is 14.1. The lowest BCUT2D eigenvalue weighted by Gasteiger charge is -2.36. The predicted octanol–water partition coefficient (Wildman–Crippen LogP) is 7.40. The fourth-order valence-electron chi connectivity index (χ4n) is 5.07. The molecule has 2 N–H and O–H groups in total. The first-order valence-electron chi connectivity index (χ1n) is 15.6. The quantitative estimate of drug-likeness (QED) is 0.215. The number of benzene rings is 2. The largest absolute Gasteiger partial charge is 0.444 e. The Balaban J connectivity index is 2.53. The average molecular weight is 580 g/mol. The first-order chi connectivity index (χ1) is 19.9. The van der Waals surface area contributed by atoms with Crippen LogP contribution >= 0.6 is 0 Å². The van der Waals surface area contributed by atoms with Gasteiger partial charge in [-0.3, -0.25) is 9.59 Å². The number of rotatable bonds is 15. The molecule has 0 spiro atoms. The van der Waals surface area contributed by atoms with Crippen LogP contribution in [0.3, 0.4) is 0 Å². The van der Waals surface area contributed by atoms with Gasteiger partial charge < -0.3 is 20.3 Å². The molecule has 7 heteroatoms. The van der Waals surface area contributed by atoms with Gasteiger partial charge in [0.25, 0.3) is 0 Å². The van der Waals surface area contributed by atoms with Crippen molar-refractivity contribution in [2.45, 2.75) is 118 Å². The van der Waals surface area contributed by atoms with E-state index < -0.39 is 23.8 Å². The number of nitrogens with zero attached hydrogens (tertiary/aromatic N) is 1. The monoisotopic (exact) mass is 579 g/mol. The highest BCUT2D eigenvalue weighted by atomic mass is 16.6. The Bertz CT molecular complexity index is 1120. The summed E-state index contributed by atoms with van der Waals surface area (Å²) in [5.74, 6) is -0.685. The smallest absolute Gasteiger partial charge is 0.408 e. The van der Waals surface area contributed by atoms with Crippen LogP contribution in [-0.4, -0.2) is 41.0 Å². The maximum absolute atomic E-state index is 14.5. The molecule has 0 aliphatic rings. The Labute approximate surface area is 253 Å². The summed E-state index contributed by atoms with van der Waals surface area (Å²) in [7, 11) is 0. The molecule has 0 aromatic heterocycles. The lowest BCUT2D eigenvalue weighted by Crippen LogP contribution is -2.55. The third-order valence-corrected chi connectivity index (χ3v) is 7.37. The minimum absolute atomic E-state index is 0.167. The van der Waals surface area contributed by atoms with Gasteiger partial charge in [0.05, 0.1) is 0 Å². The van der Waals surface area contributed by atoms with E-state index in [0.29, 0.717) is 19.5 Å². The number of hydrogen-bond donors (Lipinski definition) is 2. The minimum atomic E-state index is -0.849. The summed E-state index contributed by atoms with van der Waals surface area (Å²) < 4.78 is 5.53. The minimum Gasteiger partial charge on any atom is -0.444 e. The molecule has 3 amide bonds. The van der Waals surface area contributed by atoms with E-state index in [2.05, 4.69) is 23.6 Å². The van der Waals surface area contributed by atoms with E-state index in [1.807, 2.05) is 70.2 Å². The van der Waals surface area contributed by atoms with Crippen LogP contribution in [0.1, 0.15) is 108 Å². The number of carbonyl (C=O) groups excluding carboxylic acids is 3. The molecule has 2 aromatic rings. The van der Waals surface area contributed by atoms with Crippen molar-refractivity contribution < 1.29 is 19.1 Å². The molecule has 0 radical (unpaired) electrons. The number of aryl methyl sites for hydroxylation is 2. The third kappa shape index (κ3) is 11.5. The summed E-state index contributed by atoms with van der Waals surface area (Å²) in [6, 6.07) is 14.1. The maximum Gasteiger partial charge on any atom is 0.408 e. The first-order valence-corrected chi connectivity index (χ1v) is 15.6. The molecule has 0 heterocycles. The molecule has 3 atom stereocenters. The standard InChI is InChI=1S/C35H53N3O4/c1-9-11-12-13-17-20-38(33(40)30(27(5)10-2)37-34(41)42-35(6,7)8)31(29-22-25(3)21-26(4)23-29)32(39)36-24-28-18-15-14-16-19-28/h14-16,18-19,21-23,27,30-31H,9-13,17,20,24H2,1-8H3,(H,36,39)(H,37,41). The van der Waals surface area contributed by atoms with E-state index in [-0.39, 0.29) is 17.7 Å². The Morgan fingerprint density at radius 2 is 1.52 bits per heavy atom. The summed E-state index contributed by atoms with van der Waals surface area (Å²) in [4.78, 5) is 43.2. The van der Waals surface area contributed by atoms with Gasteiger partial charge in [-0.25, -0.2) is 4.79 Å². The predicted molar refractivity (Wildman–Crippen MR) is 170 cm³/mol. The van der Waals surface area contributed by atoms with E-state index in [4.69, 9.17) is 4.74 Å². The average Bonchev–Trinajstić information content (AvgIpc) is 2.92. The van der Waals surface area contributed by atoms with Crippen molar-refractivity contribution in [2.75, 3.05) is 6.54 Å². The lowest BCUT2D eigenvalue weighted by molar-refractivity contribution is -0.143. The van der Waals surface area contributed by atoms with Crippen molar-refractivity contribution in [3.63, 3.8) is 0 Å². The Morgan fingerprint density at radius 3 is 2.10 bits per heavy atom. The number of hydrogen-bond acceptors (Lipinski definition) is 4. The molecule has 0 aliphatic carbocycles.